The number of rotatable bonds is 7. The quantitative estimate of drug-likeness (QED) is 0.474. The Labute approximate surface area is 197 Å². The van der Waals surface area contributed by atoms with E-state index >= 15 is 0 Å². The summed E-state index contributed by atoms with van der Waals surface area (Å²) in [5.74, 6) is 1.36. The number of benzene rings is 1. The number of halogens is 1. The number of nitrogens with zero attached hydrogens (tertiary/aromatic N) is 5. The van der Waals surface area contributed by atoms with Gasteiger partial charge in [0, 0.05) is 12.7 Å². The molecule has 1 aromatic carbocycles. The molecule has 1 amide bonds. The Morgan fingerprint density at radius 1 is 1.21 bits per heavy atom. The molecule has 0 bridgehead atoms. The minimum Gasteiger partial charge on any atom is -0.332 e. The van der Waals surface area contributed by atoms with Crippen LogP contribution in [0.5, 0.6) is 0 Å². The van der Waals surface area contributed by atoms with Crippen LogP contribution in [0.2, 0.25) is 5.02 Å². The van der Waals surface area contributed by atoms with Crippen molar-refractivity contribution in [3.63, 3.8) is 0 Å². The molecule has 0 N–H and O–H groups in total. The summed E-state index contributed by atoms with van der Waals surface area (Å²) < 4.78 is 29.0. The molecule has 0 unspecified atom stereocenters. The van der Waals surface area contributed by atoms with Crippen molar-refractivity contribution in [3.8, 4) is 11.6 Å². The highest BCUT2D eigenvalue weighted by Crippen LogP contribution is 2.33. The first-order valence-corrected chi connectivity index (χ1v) is 12.9. The third-order valence-corrected chi connectivity index (χ3v) is 7.26. The Morgan fingerprint density at radius 3 is 2.55 bits per heavy atom. The first-order chi connectivity index (χ1) is 15.7. The lowest BCUT2D eigenvalue weighted by Gasteiger charge is -2.23. The minimum atomic E-state index is -3.50. The van der Waals surface area contributed by atoms with Crippen LogP contribution in [0.1, 0.15) is 44.3 Å². The molecule has 4 rings (SSSR count). The Kier molecular flexibility index (Phi) is 6.76. The van der Waals surface area contributed by atoms with Gasteiger partial charge in [0.1, 0.15) is 5.69 Å². The Bertz CT molecular complexity index is 1250. The summed E-state index contributed by atoms with van der Waals surface area (Å²) in [5.41, 5.74) is 0.794. The van der Waals surface area contributed by atoms with E-state index in [1.165, 1.54) is 42.3 Å². The smallest absolute Gasteiger partial charge is 0.278 e. The van der Waals surface area contributed by atoms with Crippen LogP contribution in [0.25, 0.3) is 11.6 Å². The van der Waals surface area contributed by atoms with Crippen molar-refractivity contribution >= 4 is 38.9 Å². The van der Waals surface area contributed by atoms with Gasteiger partial charge in [-0.05, 0) is 37.5 Å². The van der Waals surface area contributed by atoms with E-state index in [1.807, 2.05) is 0 Å². The number of sulfone groups is 1. The lowest BCUT2D eigenvalue weighted by atomic mass is 10.0. The molecule has 3 aromatic rings. The number of hydrogen-bond acceptors (Lipinski definition) is 8. The van der Waals surface area contributed by atoms with Crippen molar-refractivity contribution in [1.29, 1.82) is 0 Å². The van der Waals surface area contributed by atoms with E-state index in [4.69, 9.17) is 16.1 Å². The summed E-state index contributed by atoms with van der Waals surface area (Å²) in [6.45, 7) is 1.70. The lowest BCUT2D eigenvalue weighted by molar-refractivity contribution is -0.118. The van der Waals surface area contributed by atoms with Crippen molar-refractivity contribution in [2.45, 2.75) is 50.3 Å². The molecule has 0 spiro atoms. The molecule has 1 aliphatic rings. The molecule has 0 radical (unpaired) electrons. The van der Waals surface area contributed by atoms with Gasteiger partial charge >= 0.3 is 0 Å². The van der Waals surface area contributed by atoms with Gasteiger partial charge in [-0.2, -0.15) is 4.98 Å². The first-order valence-electron chi connectivity index (χ1n) is 10.7. The van der Waals surface area contributed by atoms with Crippen LogP contribution >= 0.6 is 11.6 Å². The maximum atomic E-state index is 13.3. The summed E-state index contributed by atoms with van der Waals surface area (Å²) >= 11 is 6.26. The number of amides is 1. The van der Waals surface area contributed by atoms with Gasteiger partial charge in [0.15, 0.2) is 21.5 Å². The van der Waals surface area contributed by atoms with Gasteiger partial charge in [0.2, 0.25) is 5.91 Å². The zero-order valence-electron chi connectivity index (χ0n) is 18.4. The highest BCUT2D eigenvalue weighted by Gasteiger charge is 2.24. The topological polar surface area (TPSA) is 119 Å². The van der Waals surface area contributed by atoms with Crippen molar-refractivity contribution in [2.24, 2.45) is 5.92 Å². The van der Waals surface area contributed by atoms with Gasteiger partial charge in [0.25, 0.3) is 5.89 Å². The number of aromatic nitrogens is 4. The molecule has 2 aromatic heterocycles. The van der Waals surface area contributed by atoms with E-state index in [0.717, 1.165) is 25.5 Å². The Hall–Kier alpha value is -2.85. The second-order valence-corrected chi connectivity index (χ2v) is 10.6. The average Bonchev–Trinajstić information content (AvgIpc) is 3.44. The maximum absolute atomic E-state index is 13.3. The molecule has 33 heavy (non-hydrogen) atoms. The highest BCUT2D eigenvalue weighted by molar-refractivity contribution is 7.90. The molecule has 0 aliphatic heterocycles. The number of anilines is 2. The zero-order valence-corrected chi connectivity index (χ0v) is 19.9. The number of hydrogen-bond donors (Lipinski definition) is 0. The fourth-order valence-electron chi connectivity index (χ4n) is 4.02. The largest absolute Gasteiger partial charge is 0.332 e. The molecule has 9 nitrogen and oxygen atoms in total. The number of carbonyl (C=O) groups excluding carboxylic acids is 1. The molecule has 1 saturated carbocycles. The van der Waals surface area contributed by atoms with E-state index in [-0.39, 0.29) is 27.5 Å². The van der Waals surface area contributed by atoms with Gasteiger partial charge < -0.3 is 4.52 Å². The second kappa shape index (κ2) is 9.56. The van der Waals surface area contributed by atoms with Crippen LogP contribution in [-0.2, 0) is 14.6 Å². The fourth-order valence-corrected chi connectivity index (χ4v) is 5.34. The molecule has 2 heterocycles. The molecule has 1 aliphatic carbocycles. The Balaban J connectivity index is 1.66. The van der Waals surface area contributed by atoms with Crippen LogP contribution in [0.15, 0.2) is 40.0 Å². The van der Waals surface area contributed by atoms with Gasteiger partial charge in [-0.1, -0.05) is 42.4 Å². The summed E-state index contributed by atoms with van der Waals surface area (Å²) in [6, 6.07) is 4.41. The third kappa shape index (κ3) is 5.39. The molecule has 1 fully saturated rings. The molecule has 174 valence electrons. The summed E-state index contributed by atoms with van der Waals surface area (Å²) in [7, 11) is -3.50. The van der Waals surface area contributed by atoms with Crippen LogP contribution in [0.3, 0.4) is 0 Å². The molecular formula is C22H24ClN5O4S. The maximum Gasteiger partial charge on any atom is 0.278 e. The molecule has 11 heteroatoms. The van der Waals surface area contributed by atoms with Gasteiger partial charge in [-0.25, -0.2) is 18.4 Å². The van der Waals surface area contributed by atoms with Crippen LogP contribution in [-0.4, -0.2) is 40.7 Å². The van der Waals surface area contributed by atoms with E-state index in [0.29, 0.717) is 29.5 Å². The standard InChI is InChI=1S/C22H24ClN5O4S/c1-14-26-22(32-27-14)18-12-25-20(13-24-18)28(21(29)10-7-15-5-3-4-6-15)16-8-9-19(17(23)11-16)33(2,30)31/h8-9,11-13,15H,3-7,10H2,1-2H3. The SMILES string of the molecule is Cc1noc(-c2cnc(N(C(=O)CCC3CCCC3)c3ccc(S(C)(=O)=O)c(Cl)c3)cn2)n1. The third-order valence-electron chi connectivity index (χ3n) is 5.68. The van der Waals surface area contributed by atoms with Gasteiger partial charge in [0.05, 0.1) is 28.0 Å². The van der Waals surface area contributed by atoms with Gasteiger partial charge in [-0.15, -0.1) is 0 Å². The fraction of sp³-hybridized carbons (Fsp3) is 0.409. The van der Waals surface area contributed by atoms with Gasteiger partial charge in [-0.3, -0.25) is 9.69 Å². The van der Waals surface area contributed by atoms with Crippen LogP contribution in [0.4, 0.5) is 11.5 Å². The first kappa shape index (κ1) is 23.3. The predicted molar refractivity (Wildman–Crippen MR) is 123 cm³/mol. The normalized spacial score (nSPS) is 14.5. The van der Waals surface area contributed by atoms with Crippen molar-refractivity contribution in [3.05, 3.63) is 41.4 Å². The zero-order chi connectivity index (χ0) is 23.6. The predicted octanol–water partition coefficient (Wildman–Crippen LogP) is 4.53. The van der Waals surface area contributed by atoms with Crippen molar-refractivity contribution in [2.75, 3.05) is 11.2 Å². The second-order valence-electron chi connectivity index (χ2n) is 8.21. The van der Waals surface area contributed by atoms with E-state index in [2.05, 4.69) is 20.1 Å². The van der Waals surface area contributed by atoms with E-state index in [9.17, 15) is 13.2 Å². The van der Waals surface area contributed by atoms with Crippen LogP contribution < -0.4 is 4.90 Å². The van der Waals surface area contributed by atoms with E-state index in [1.54, 1.807) is 13.0 Å². The monoisotopic (exact) mass is 489 g/mol. The highest BCUT2D eigenvalue weighted by atomic mass is 35.5. The molecule has 0 saturated heterocycles. The van der Waals surface area contributed by atoms with Crippen molar-refractivity contribution in [1.82, 2.24) is 20.1 Å². The average molecular weight is 490 g/mol. The lowest BCUT2D eigenvalue weighted by Crippen LogP contribution is -2.27. The number of carbonyl (C=O) groups is 1. The Morgan fingerprint density at radius 2 is 1.97 bits per heavy atom. The molecular weight excluding hydrogens is 466 g/mol. The van der Waals surface area contributed by atoms with E-state index < -0.39 is 9.84 Å². The van der Waals surface area contributed by atoms with Crippen LogP contribution in [0, 0.1) is 12.8 Å². The molecule has 0 atom stereocenters. The summed E-state index contributed by atoms with van der Waals surface area (Å²) in [4.78, 5) is 27.6. The summed E-state index contributed by atoms with van der Waals surface area (Å²) in [6.07, 6.45) is 9.79. The minimum absolute atomic E-state index is 0.000494. The number of aryl methyl sites for hydroxylation is 1. The summed E-state index contributed by atoms with van der Waals surface area (Å²) in [5, 5.41) is 3.78. The van der Waals surface area contributed by atoms with Crippen molar-refractivity contribution < 1.29 is 17.7 Å².